The Bertz CT molecular complexity index is 294. The van der Waals surface area contributed by atoms with Crippen LogP contribution in [0.15, 0.2) is 0 Å². The van der Waals surface area contributed by atoms with Crippen LogP contribution >= 0.6 is 0 Å². The fourth-order valence-electron chi connectivity index (χ4n) is 1.01. The zero-order valence-electron chi connectivity index (χ0n) is 9.21. The number of amides is 1. The van der Waals surface area contributed by atoms with Gasteiger partial charge in [-0.1, -0.05) is 13.8 Å². The summed E-state index contributed by atoms with van der Waals surface area (Å²) in [6.07, 6.45) is -4.73. The summed E-state index contributed by atoms with van der Waals surface area (Å²) < 4.78 is 48.9. The molecule has 8 heteroatoms. The number of carbonyl (C=O) groups excluding carboxylic acids is 1. The number of aliphatic carboxylic acids is 1. The Morgan fingerprint density at radius 3 is 2.06 bits per heavy atom. The second-order valence-corrected chi connectivity index (χ2v) is 3.85. The number of halogens is 4. The van der Waals surface area contributed by atoms with Crippen LogP contribution in [0.1, 0.15) is 20.3 Å². The lowest BCUT2D eigenvalue weighted by molar-refractivity contribution is -0.170. The summed E-state index contributed by atoms with van der Waals surface area (Å²) in [5, 5.41) is 10.1. The number of nitrogens with one attached hydrogen (secondary N) is 1. The average Bonchev–Trinajstić information content (AvgIpc) is 2.15. The van der Waals surface area contributed by atoms with Crippen molar-refractivity contribution >= 4 is 11.9 Å². The van der Waals surface area contributed by atoms with Crippen LogP contribution in [0.4, 0.5) is 17.6 Å². The molecule has 0 aliphatic rings. The van der Waals surface area contributed by atoms with E-state index in [-0.39, 0.29) is 0 Å². The topological polar surface area (TPSA) is 66.4 Å². The molecular formula is C9H13F4NO3. The minimum absolute atomic E-state index is 0.469. The SMILES string of the molecule is CC(C)C(CC(=O)O)NC(=O)C(F)(F)C(F)F. The Morgan fingerprint density at radius 2 is 1.76 bits per heavy atom. The van der Waals surface area contributed by atoms with Gasteiger partial charge in [0.1, 0.15) is 0 Å². The second kappa shape index (κ2) is 5.83. The van der Waals surface area contributed by atoms with Gasteiger partial charge in [-0.25, -0.2) is 8.78 Å². The molecule has 0 saturated carbocycles. The van der Waals surface area contributed by atoms with Crippen LogP contribution in [-0.4, -0.2) is 35.4 Å². The maximum Gasteiger partial charge on any atom is 0.383 e. The maximum atomic E-state index is 12.6. The number of hydrogen-bond acceptors (Lipinski definition) is 2. The Kier molecular flexibility index (Phi) is 5.37. The molecule has 4 nitrogen and oxygen atoms in total. The van der Waals surface area contributed by atoms with E-state index in [1.807, 2.05) is 0 Å². The van der Waals surface area contributed by atoms with Crippen molar-refractivity contribution in [3.05, 3.63) is 0 Å². The minimum atomic E-state index is -4.81. The van der Waals surface area contributed by atoms with E-state index in [1.54, 1.807) is 5.32 Å². The zero-order chi connectivity index (χ0) is 13.8. The van der Waals surface area contributed by atoms with Gasteiger partial charge >= 0.3 is 18.3 Å². The number of alkyl halides is 4. The monoisotopic (exact) mass is 259 g/mol. The lowest BCUT2D eigenvalue weighted by Crippen LogP contribution is -2.50. The van der Waals surface area contributed by atoms with E-state index in [1.165, 1.54) is 13.8 Å². The van der Waals surface area contributed by atoms with E-state index in [9.17, 15) is 27.2 Å². The molecular weight excluding hydrogens is 246 g/mol. The van der Waals surface area contributed by atoms with Crippen LogP contribution < -0.4 is 5.32 Å². The smallest absolute Gasteiger partial charge is 0.383 e. The van der Waals surface area contributed by atoms with Crippen LogP contribution in [0, 0.1) is 5.92 Å². The average molecular weight is 259 g/mol. The summed E-state index contributed by atoms with van der Waals surface area (Å²) in [5.41, 5.74) is 0. The molecule has 1 unspecified atom stereocenters. The number of hydrogen-bond donors (Lipinski definition) is 2. The predicted octanol–water partition coefficient (Wildman–Crippen LogP) is 1.50. The Balaban J connectivity index is 4.67. The third kappa shape index (κ3) is 4.58. The number of carboxylic acid groups (broad SMARTS) is 1. The van der Waals surface area contributed by atoms with Gasteiger partial charge in [0.25, 0.3) is 5.91 Å². The van der Waals surface area contributed by atoms with Crippen LogP contribution in [0.3, 0.4) is 0 Å². The molecule has 0 aromatic rings. The fraction of sp³-hybridized carbons (Fsp3) is 0.778. The molecule has 1 atom stereocenters. The third-order valence-corrected chi connectivity index (χ3v) is 2.09. The van der Waals surface area contributed by atoms with Gasteiger partial charge in [0.15, 0.2) is 0 Å². The molecule has 0 fully saturated rings. The van der Waals surface area contributed by atoms with Crippen molar-refractivity contribution < 1.29 is 32.3 Å². The van der Waals surface area contributed by atoms with Crippen molar-refractivity contribution in [1.82, 2.24) is 5.32 Å². The molecule has 0 radical (unpaired) electrons. The van der Waals surface area contributed by atoms with E-state index in [4.69, 9.17) is 5.11 Å². The molecule has 0 rings (SSSR count). The molecule has 0 bridgehead atoms. The molecule has 0 saturated heterocycles. The lowest BCUT2D eigenvalue weighted by Gasteiger charge is -2.23. The van der Waals surface area contributed by atoms with Crippen molar-refractivity contribution in [3.63, 3.8) is 0 Å². The standard InChI is InChI=1S/C9H13F4NO3/c1-4(2)5(3-6(15)16)14-8(17)9(12,13)7(10)11/h4-5,7H,3H2,1-2H3,(H,14,17)(H,15,16). The van der Waals surface area contributed by atoms with Crippen molar-refractivity contribution in [3.8, 4) is 0 Å². The van der Waals surface area contributed by atoms with Crippen molar-refractivity contribution in [2.24, 2.45) is 5.92 Å². The third-order valence-electron chi connectivity index (χ3n) is 2.09. The Hall–Kier alpha value is -1.34. The molecule has 0 spiro atoms. The zero-order valence-corrected chi connectivity index (χ0v) is 9.21. The molecule has 1 amide bonds. The number of rotatable bonds is 6. The van der Waals surface area contributed by atoms with Gasteiger partial charge in [-0.3, -0.25) is 9.59 Å². The van der Waals surface area contributed by atoms with Crippen LogP contribution in [-0.2, 0) is 9.59 Å². The van der Waals surface area contributed by atoms with Gasteiger partial charge in [-0.15, -0.1) is 0 Å². The highest BCUT2D eigenvalue weighted by molar-refractivity contribution is 5.84. The largest absolute Gasteiger partial charge is 0.481 e. The first kappa shape index (κ1) is 15.7. The van der Waals surface area contributed by atoms with Gasteiger partial charge in [0.05, 0.1) is 6.42 Å². The lowest BCUT2D eigenvalue weighted by atomic mass is 10.0. The summed E-state index contributed by atoms with van der Waals surface area (Å²) in [7, 11) is 0. The summed E-state index contributed by atoms with van der Waals surface area (Å²) in [6.45, 7) is 2.96. The molecule has 0 aromatic carbocycles. The van der Waals surface area contributed by atoms with E-state index in [0.717, 1.165) is 0 Å². The van der Waals surface area contributed by atoms with Gasteiger partial charge in [-0.05, 0) is 5.92 Å². The van der Waals surface area contributed by atoms with E-state index in [2.05, 4.69) is 0 Å². The molecule has 0 aliphatic carbocycles. The normalized spacial score (nSPS) is 13.9. The molecule has 0 heterocycles. The predicted molar refractivity (Wildman–Crippen MR) is 50.0 cm³/mol. The van der Waals surface area contributed by atoms with Crippen LogP contribution in [0.25, 0.3) is 0 Å². The van der Waals surface area contributed by atoms with Crippen LogP contribution in [0.5, 0.6) is 0 Å². The maximum absolute atomic E-state index is 12.6. The molecule has 2 N–H and O–H groups in total. The van der Waals surface area contributed by atoms with Gasteiger partial charge < -0.3 is 10.4 Å². The highest BCUT2D eigenvalue weighted by Crippen LogP contribution is 2.23. The second-order valence-electron chi connectivity index (χ2n) is 3.85. The highest BCUT2D eigenvalue weighted by atomic mass is 19.3. The van der Waals surface area contributed by atoms with Crippen molar-refractivity contribution in [2.45, 2.75) is 38.7 Å². The Labute approximate surface area is 95.0 Å². The first-order valence-electron chi connectivity index (χ1n) is 4.77. The van der Waals surface area contributed by atoms with Gasteiger partial charge in [0.2, 0.25) is 0 Å². The van der Waals surface area contributed by atoms with E-state index >= 15 is 0 Å². The van der Waals surface area contributed by atoms with E-state index in [0.29, 0.717) is 0 Å². The Morgan fingerprint density at radius 1 is 1.29 bits per heavy atom. The first-order chi connectivity index (χ1) is 7.59. The molecule has 0 aliphatic heterocycles. The molecule has 17 heavy (non-hydrogen) atoms. The quantitative estimate of drug-likeness (QED) is 0.710. The summed E-state index contributed by atoms with van der Waals surface area (Å²) in [6, 6.07) is -1.12. The van der Waals surface area contributed by atoms with Crippen molar-refractivity contribution in [2.75, 3.05) is 0 Å². The highest BCUT2D eigenvalue weighted by Gasteiger charge is 2.49. The van der Waals surface area contributed by atoms with Gasteiger partial charge in [0, 0.05) is 6.04 Å². The van der Waals surface area contributed by atoms with E-state index < -0.39 is 42.6 Å². The minimum Gasteiger partial charge on any atom is -0.481 e. The van der Waals surface area contributed by atoms with Gasteiger partial charge in [-0.2, -0.15) is 8.78 Å². The number of carbonyl (C=O) groups is 2. The summed E-state index contributed by atoms with van der Waals surface area (Å²) in [5.74, 6) is -8.76. The molecule has 100 valence electrons. The first-order valence-corrected chi connectivity index (χ1v) is 4.77. The fourth-order valence-corrected chi connectivity index (χ4v) is 1.01. The number of carboxylic acids is 1. The van der Waals surface area contributed by atoms with Crippen molar-refractivity contribution in [1.29, 1.82) is 0 Å². The van der Waals surface area contributed by atoms with Crippen LogP contribution in [0.2, 0.25) is 0 Å². The summed E-state index contributed by atoms with van der Waals surface area (Å²) in [4.78, 5) is 21.3. The molecule has 0 aromatic heterocycles. The summed E-state index contributed by atoms with van der Waals surface area (Å²) >= 11 is 0.